The van der Waals surface area contributed by atoms with Gasteiger partial charge in [0.1, 0.15) is 17.5 Å². The van der Waals surface area contributed by atoms with Gasteiger partial charge in [0, 0.05) is 64.0 Å². The Bertz CT molecular complexity index is 1240. The van der Waals surface area contributed by atoms with Crippen molar-refractivity contribution >= 4 is 29.3 Å². The number of aromatic nitrogens is 5. The molecule has 11 nitrogen and oxygen atoms in total. The molecule has 0 aromatic carbocycles. The Morgan fingerprint density at radius 1 is 1.12 bits per heavy atom. The predicted octanol–water partition coefficient (Wildman–Crippen LogP) is 2.16. The lowest BCUT2D eigenvalue weighted by Crippen LogP contribution is -2.61. The fraction of sp³-hybridized carbons (Fsp3) is 0.391. The van der Waals surface area contributed by atoms with Gasteiger partial charge in [0.2, 0.25) is 5.91 Å². The van der Waals surface area contributed by atoms with Crippen LogP contribution in [0, 0.1) is 5.41 Å². The van der Waals surface area contributed by atoms with Crippen LogP contribution in [0.3, 0.4) is 0 Å². The van der Waals surface area contributed by atoms with E-state index in [0.717, 1.165) is 50.4 Å². The maximum absolute atomic E-state index is 11.7. The van der Waals surface area contributed by atoms with Gasteiger partial charge in [-0.05, 0) is 25.0 Å². The molecule has 2 fully saturated rings. The summed E-state index contributed by atoms with van der Waals surface area (Å²) in [6, 6.07) is 4.76. The van der Waals surface area contributed by atoms with E-state index in [0.29, 0.717) is 17.5 Å². The molecule has 0 bridgehead atoms. The largest absolute Gasteiger partial charge is 0.478 e. The minimum atomic E-state index is -1.02. The fourth-order valence-electron chi connectivity index (χ4n) is 4.63. The first kappa shape index (κ1) is 21.8. The van der Waals surface area contributed by atoms with Crippen LogP contribution < -0.4 is 10.2 Å². The van der Waals surface area contributed by atoms with Gasteiger partial charge in [-0.15, -0.1) is 0 Å². The molecule has 11 heteroatoms. The number of carboxylic acids is 1. The number of aromatic carboxylic acids is 1. The zero-order valence-electron chi connectivity index (χ0n) is 19.1. The highest BCUT2D eigenvalue weighted by atomic mass is 16.4. The van der Waals surface area contributed by atoms with E-state index in [1.807, 2.05) is 24.2 Å². The Morgan fingerprint density at radius 2 is 1.88 bits per heavy atom. The third-order valence-corrected chi connectivity index (χ3v) is 6.58. The molecule has 0 saturated carbocycles. The van der Waals surface area contributed by atoms with Crippen molar-refractivity contribution in [3.05, 3.63) is 42.4 Å². The standard InChI is InChI=1S/C23H26N8O3/c1-15(32)30-7-4-23(5-8-30)13-31(14-23)20-10-19(26-18-9-16(22(33)34)3-6-24-18)27-21(28-20)17-11-25-29(2)12-17/h3,6,9-12H,4-5,7-8,13-14H2,1-2H3,(H,33,34)(H,24,26,27,28). The molecule has 0 radical (unpaired) electrons. The molecule has 3 aromatic rings. The van der Waals surface area contributed by atoms with E-state index in [9.17, 15) is 14.7 Å². The molecule has 5 heterocycles. The van der Waals surface area contributed by atoms with Gasteiger partial charge in [0.25, 0.3) is 0 Å². The summed E-state index contributed by atoms with van der Waals surface area (Å²) in [6.45, 7) is 4.96. The van der Waals surface area contributed by atoms with Crippen molar-refractivity contribution in [2.75, 3.05) is 36.4 Å². The molecule has 2 N–H and O–H groups in total. The zero-order valence-corrected chi connectivity index (χ0v) is 19.1. The number of hydrogen-bond donors (Lipinski definition) is 2. The van der Waals surface area contributed by atoms with Crippen LogP contribution in [0.15, 0.2) is 36.8 Å². The number of rotatable bonds is 5. The summed E-state index contributed by atoms with van der Waals surface area (Å²) >= 11 is 0. The van der Waals surface area contributed by atoms with Crippen LogP contribution in [-0.2, 0) is 11.8 Å². The molecule has 2 aliphatic heterocycles. The molecule has 2 aliphatic rings. The van der Waals surface area contributed by atoms with Crippen LogP contribution in [0.4, 0.5) is 17.5 Å². The summed E-state index contributed by atoms with van der Waals surface area (Å²) in [6.07, 6.45) is 6.98. The molecule has 2 saturated heterocycles. The minimum absolute atomic E-state index is 0.138. The van der Waals surface area contributed by atoms with Crippen molar-refractivity contribution in [3.63, 3.8) is 0 Å². The summed E-state index contributed by atoms with van der Waals surface area (Å²) in [5.74, 6) is 1.33. The second-order valence-corrected chi connectivity index (χ2v) is 9.06. The van der Waals surface area contributed by atoms with E-state index in [4.69, 9.17) is 4.98 Å². The number of amides is 1. The van der Waals surface area contributed by atoms with Crippen LogP contribution in [0.25, 0.3) is 11.4 Å². The highest BCUT2D eigenvalue weighted by Gasteiger charge is 2.45. The van der Waals surface area contributed by atoms with E-state index in [1.54, 1.807) is 17.8 Å². The molecule has 1 amide bonds. The van der Waals surface area contributed by atoms with Crippen molar-refractivity contribution in [2.45, 2.75) is 19.8 Å². The van der Waals surface area contributed by atoms with E-state index in [-0.39, 0.29) is 16.9 Å². The van der Waals surface area contributed by atoms with Crippen LogP contribution in [0.1, 0.15) is 30.1 Å². The average Bonchev–Trinajstić information content (AvgIpc) is 3.24. The minimum Gasteiger partial charge on any atom is -0.478 e. The Kier molecular flexibility index (Phi) is 5.39. The fourth-order valence-corrected chi connectivity index (χ4v) is 4.63. The van der Waals surface area contributed by atoms with Gasteiger partial charge in [0.15, 0.2) is 5.82 Å². The SMILES string of the molecule is CC(=O)N1CCC2(CC1)CN(c1cc(Nc3cc(C(=O)O)ccn3)nc(-c3cnn(C)c3)n1)C2. The van der Waals surface area contributed by atoms with Crippen molar-refractivity contribution in [1.82, 2.24) is 29.6 Å². The third kappa shape index (κ3) is 4.28. The number of carboxylic acid groups (broad SMARTS) is 1. The van der Waals surface area contributed by atoms with Crippen molar-refractivity contribution in [2.24, 2.45) is 12.5 Å². The van der Waals surface area contributed by atoms with Gasteiger partial charge < -0.3 is 20.2 Å². The highest BCUT2D eigenvalue weighted by molar-refractivity contribution is 5.88. The molecule has 3 aromatic heterocycles. The summed E-state index contributed by atoms with van der Waals surface area (Å²) in [5.41, 5.74) is 1.13. The number of piperidine rings is 1. The lowest BCUT2D eigenvalue weighted by atomic mass is 9.72. The van der Waals surface area contributed by atoms with Crippen LogP contribution in [0.5, 0.6) is 0 Å². The average molecular weight is 463 g/mol. The zero-order chi connectivity index (χ0) is 23.9. The topological polar surface area (TPSA) is 129 Å². The van der Waals surface area contributed by atoms with Crippen molar-refractivity contribution in [1.29, 1.82) is 0 Å². The number of anilines is 3. The Morgan fingerprint density at radius 3 is 2.53 bits per heavy atom. The van der Waals surface area contributed by atoms with E-state index in [1.165, 1.54) is 18.3 Å². The van der Waals surface area contributed by atoms with Crippen LogP contribution in [-0.4, -0.2) is 72.8 Å². The molecular formula is C23H26N8O3. The smallest absolute Gasteiger partial charge is 0.335 e. The van der Waals surface area contributed by atoms with E-state index >= 15 is 0 Å². The first-order valence-corrected chi connectivity index (χ1v) is 11.2. The van der Waals surface area contributed by atoms with Crippen molar-refractivity contribution < 1.29 is 14.7 Å². The molecule has 0 atom stereocenters. The molecule has 5 rings (SSSR count). The summed E-state index contributed by atoms with van der Waals surface area (Å²) in [4.78, 5) is 40.8. The molecule has 176 valence electrons. The van der Waals surface area contributed by atoms with Gasteiger partial charge in [-0.3, -0.25) is 9.48 Å². The third-order valence-electron chi connectivity index (χ3n) is 6.58. The number of nitrogens with zero attached hydrogens (tertiary/aromatic N) is 7. The second kappa shape index (κ2) is 8.40. The van der Waals surface area contributed by atoms with Crippen molar-refractivity contribution in [3.8, 4) is 11.4 Å². The first-order valence-electron chi connectivity index (χ1n) is 11.2. The predicted molar refractivity (Wildman–Crippen MR) is 125 cm³/mol. The van der Waals surface area contributed by atoms with Gasteiger partial charge in [-0.25, -0.2) is 19.7 Å². The number of nitrogens with one attached hydrogen (secondary N) is 1. The van der Waals surface area contributed by atoms with E-state index in [2.05, 4.69) is 25.3 Å². The second-order valence-electron chi connectivity index (χ2n) is 9.06. The normalized spacial score (nSPS) is 16.9. The van der Waals surface area contributed by atoms with Gasteiger partial charge in [-0.2, -0.15) is 5.10 Å². The van der Waals surface area contributed by atoms with Gasteiger partial charge >= 0.3 is 5.97 Å². The Balaban J connectivity index is 1.40. The number of carbonyl (C=O) groups is 2. The lowest BCUT2D eigenvalue weighted by molar-refractivity contribution is -0.131. The summed E-state index contributed by atoms with van der Waals surface area (Å²) < 4.78 is 1.69. The van der Waals surface area contributed by atoms with Gasteiger partial charge in [0.05, 0.1) is 17.3 Å². The van der Waals surface area contributed by atoms with Crippen LogP contribution >= 0.6 is 0 Å². The number of hydrogen-bond acceptors (Lipinski definition) is 8. The lowest BCUT2D eigenvalue weighted by Gasteiger charge is -2.54. The molecule has 0 aliphatic carbocycles. The number of likely N-dealkylation sites (tertiary alicyclic amines) is 1. The quantitative estimate of drug-likeness (QED) is 0.586. The van der Waals surface area contributed by atoms with Crippen LogP contribution in [0.2, 0.25) is 0 Å². The highest BCUT2D eigenvalue weighted by Crippen LogP contribution is 2.42. The maximum Gasteiger partial charge on any atom is 0.335 e. The number of carbonyl (C=O) groups excluding carboxylic acids is 1. The molecule has 0 unspecified atom stereocenters. The monoisotopic (exact) mass is 462 g/mol. The summed E-state index contributed by atoms with van der Waals surface area (Å²) in [7, 11) is 1.83. The Labute approximate surface area is 196 Å². The summed E-state index contributed by atoms with van der Waals surface area (Å²) in [5, 5.41) is 16.6. The maximum atomic E-state index is 11.7. The van der Waals surface area contributed by atoms with E-state index < -0.39 is 5.97 Å². The first-order chi connectivity index (χ1) is 16.3. The Hall–Kier alpha value is -4.02. The van der Waals surface area contributed by atoms with Gasteiger partial charge in [-0.1, -0.05) is 0 Å². The molecule has 1 spiro atoms. The molecule has 34 heavy (non-hydrogen) atoms. The number of aryl methyl sites for hydroxylation is 1. The number of pyridine rings is 1. The molecular weight excluding hydrogens is 436 g/mol.